The Morgan fingerprint density at radius 2 is 2.24 bits per heavy atom. The first kappa shape index (κ1) is 12.4. The van der Waals surface area contributed by atoms with E-state index in [1.165, 1.54) is 12.8 Å². The van der Waals surface area contributed by atoms with Gasteiger partial charge in [-0.25, -0.2) is 10.2 Å². The Balaban J connectivity index is 2.10. The maximum Gasteiger partial charge on any atom is 0.427 e. The molecule has 2 fully saturated rings. The molecule has 0 aromatic carbocycles. The molecule has 1 N–H and O–H groups in total. The third-order valence-corrected chi connectivity index (χ3v) is 5.07. The summed E-state index contributed by atoms with van der Waals surface area (Å²) in [6, 6.07) is 0. The van der Waals surface area contributed by atoms with Crippen LogP contribution in [0.3, 0.4) is 0 Å². The monoisotopic (exact) mass is 238 g/mol. The summed E-state index contributed by atoms with van der Waals surface area (Å²) >= 11 is 0. The molecule has 96 valence electrons. The molecular weight excluding hydrogens is 216 g/mol. The van der Waals surface area contributed by atoms with E-state index in [0.717, 1.165) is 12.1 Å². The van der Waals surface area contributed by atoms with E-state index in [1.54, 1.807) is 6.92 Å². The van der Waals surface area contributed by atoms with Gasteiger partial charge in [-0.2, -0.15) is 5.10 Å². The molecule has 0 spiro atoms. The second kappa shape index (κ2) is 4.00. The number of rotatable bonds is 2. The molecule has 0 aromatic heterocycles. The molecular formula is C13H22N2O2. The van der Waals surface area contributed by atoms with E-state index in [-0.39, 0.29) is 5.41 Å². The van der Waals surface area contributed by atoms with Gasteiger partial charge >= 0.3 is 6.09 Å². The molecule has 4 nitrogen and oxygen atoms in total. The Kier molecular flexibility index (Phi) is 2.92. The van der Waals surface area contributed by atoms with Crippen molar-refractivity contribution in [3.8, 4) is 0 Å². The fourth-order valence-electron chi connectivity index (χ4n) is 3.37. The number of nitrogens with one attached hydrogen (secondary N) is 1. The van der Waals surface area contributed by atoms with Crippen molar-refractivity contribution in [3.05, 3.63) is 0 Å². The number of nitrogens with zero attached hydrogens (tertiary/aromatic N) is 1. The molecule has 2 bridgehead atoms. The number of carbonyl (C=O) groups excluding carboxylic acids is 1. The highest BCUT2D eigenvalue weighted by Crippen LogP contribution is 2.63. The zero-order valence-corrected chi connectivity index (χ0v) is 11.2. The van der Waals surface area contributed by atoms with Gasteiger partial charge in [-0.3, -0.25) is 0 Å². The first-order chi connectivity index (χ1) is 7.91. The Labute approximate surface area is 103 Å². The zero-order valence-electron chi connectivity index (χ0n) is 11.2. The van der Waals surface area contributed by atoms with E-state index >= 15 is 0 Å². The summed E-state index contributed by atoms with van der Waals surface area (Å²) in [6.45, 7) is 9.07. The molecule has 0 radical (unpaired) electrons. The summed E-state index contributed by atoms with van der Waals surface area (Å²) in [5.74, 6) is 0.704. The van der Waals surface area contributed by atoms with Crippen molar-refractivity contribution in [3.63, 3.8) is 0 Å². The Morgan fingerprint density at radius 3 is 2.71 bits per heavy atom. The molecule has 2 aliphatic carbocycles. The van der Waals surface area contributed by atoms with E-state index in [9.17, 15) is 4.79 Å². The minimum Gasteiger partial charge on any atom is -0.449 e. The molecule has 0 heterocycles. The Bertz CT molecular complexity index is 362. The van der Waals surface area contributed by atoms with Gasteiger partial charge in [0.05, 0.1) is 6.61 Å². The minimum atomic E-state index is -0.454. The highest BCUT2D eigenvalue weighted by atomic mass is 16.5. The van der Waals surface area contributed by atoms with Crippen molar-refractivity contribution in [2.75, 3.05) is 6.61 Å². The van der Waals surface area contributed by atoms with Crippen LogP contribution in [0.4, 0.5) is 4.79 Å². The van der Waals surface area contributed by atoms with Crippen molar-refractivity contribution in [2.24, 2.45) is 21.8 Å². The topological polar surface area (TPSA) is 50.7 Å². The number of carbonyl (C=O) groups is 1. The van der Waals surface area contributed by atoms with Gasteiger partial charge in [0.25, 0.3) is 0 Å². The molecule has 0 aliphatic heterocycles. The molecule has 1 amide bonds. The van der Waals surface area contributed by atoms with Crippen LogP contribution in [-0.2, 0) is 4.74 Å². The average molecular weight is 238 g/mol. The van der Waals surface area contributed by atoms with E-state index < -0.39 is 6.09 Å². The van der Waals surface area contributed by atoms with Crippen LogP contribution in [0, 0.1) is 16.7 Å². The van der Waals surface area contributed by atoms with Crippen LogP contribution < -0.4 is 5.43 Å². The van der Waals surface area contributed by atoms with Crippen LogP contribution in [0.25, 0.3) is 0 Å². The lowest BCUT2D eigenvalue weighted by Crippen LogP contribution is -2.34. The van der Waals surface area contributed by atoms with E-state index in [1.807, 2.05) is 0 Å². The summed E-state index contributed by atoms with van der Waals surface area (Å²) in [7, 11) is 0. The summed E-state index contributed by atoms with van der Waals surface area (Å²) in [4.78, 5) is 11.2. The van der Waals surface area contributed by atoms with Crippen molar-refractivity contribution >= 4 is 11.8 Å². The SMILES string of the molecule is CCOC(=O)N/N=C1/C[C@H]2CC[C@@]1(C)C2(C)C. The van der Waals surface area contributed by atoms with Crippen LogP contribution in [0.15, 0.2) is 5.10 Å². The van der Waals surface area contributed by atoms with Crippen molar-refractivity contribution in [1.82, 2.24) is 5.43 Å². The standard InChI is InChI=1S/C13H22N2O2/c1-5-17-11(16)15-14-10-8-9-6-7-13(10,4)12(9,2)3/h9H,5-8H2,1-4H3,(H,15,16)/b14-10-/t9-,13-/m1/s1. The first-order valence-corrected chi connectivity index (χ1v) is 6.41. The second-order valence-electron chi connectivity index (χ2n) is 5.88. The lowest BCUT2D eigenvalue weighted by molar-refractivity contribution is 0.152. The van der Waals surface area contributed by atoms with Crippen molar-refractivity contribution in [2.45, 2.75) is 47.0 Å². The largest absolute Gasteiger partial charge is 0.449 e. The molecule has 17 heavy (non-hydrogen) atoms. The molecule has 2 rings (SSSR count). The molecule has 0 unspecified atom stereocenters. The second-order valence-corrected chi connectivity index (χ2v) is 5.88. The number of ether oxygens (including phenoxy) is 1. The average Bonchev–Trinajstić information content (AvgIpc) is 2.59. The number of hydrogen-bond acceptors (Lipinski definition) is 3. The van der Waals surface area contributed by atoms with Crippen LogP contribution >= 0.6 is 0 Å². The van der Waals surface area contributed by atoms with Gasteiger partial charge in [0.1, 0.15) is 0 Å². The Hall–Kier alpha value is -1.06. The van der Waals surface area contributed by atoms with Gasteiger partial charge in [0, 0.05) is 11.1 Å². The van der Waals surface area contributed by atoms with Gasteiger partial charge in [-0.1, -0.05) is 20.8 Å². The molecule has 4 heteroatoms. The van der Waals surface area contributed by atoms with Gasteiger partial charge < -0.3 is 4.74 Å². The summed E-state index contributed by atoms with van der Waals surface area (Å²) in [6.07, 6.45) is 3.01. The lowest BCUT2D eigenvalue weighted by atomic mass is 9.70. The van der Waals surface area contributed by atoms with Crippen molar-refractivity contribution < 1.29 is 9.53 Å². The summed E-state index contributed by atoms with van der Waals surface area (Å²) < 4.78 is 4.81. The molecule has 0 saturated heterocycles. The maximum atomic E-state index is 11.2. The highest BCUT2D eigenvalue weighted by molar-refractivity contribution is 5.94. The molecule has 0 aromatic rings. The fourth-order valence-corrected chi connectivity index (χ4v) is 3.37. The van der Waals surface area contributed by atoms with Gasteiger partial charge in [-0.05, 0) is 37.5 Å². The molecule has 2 saturated carbocycles. The molecule has 2 aliphatic rings. The predicted molar refractivity (Wildman–Crippen MR) is 66.8 cm³/mol. The normalized spacial score (nSPS) is 36.2. The first-order valence-electron chi connectivity index (χ1n) is 6.41. The van der Waals surface area contributed by atoms with E-state index in [2.05, 4.69) is 31.3 Å². The third-order valence-electron chi connectivity index (χ3n) is 5.07. The van der Waals surface area contributed by atoms with E-state index in [0.29, 0.717) is 17.9 Å². The number of fused-ring (bicyclic) bond motifs is 2. The number of hydrazone groups is 1. The van der Waals surface area contributed by atoms with Gasteiger partial charge in [0.15, 0.2) is 0 Å². The summed E-state index contributed by atoms with van der Waals surface area (Å²) in [5, 5.41) is 4.28. The van der Waals surface area contributed by atoms with Crippen LogP contribution in [0.1, 0.15) is 47.0 Å². The Morgan fingerprint density at radius 1 is 1.53 bits per heavy atom. The minimum absolute atomic E-state index is 0.136. The van der Waals surface area contributed by atoms with Gasteiger partial charge in [-0.15, -0.1) is 0 Å². The predicted octanol–water partition coefficient (Wildman–Crippen LogP) is 2.93. The van der Waals surface area contributed by atoms with Crippen LogP contribution in [0.5, 0.6) is 0 Å². The van der Waals surface area contributed by atoms with E-state index in [4.69, 9.17) is 4.74 Å². The summed E-state index contributed by atoms with van der Waals surface area (Å²) in [5.41, 5.74) is 4.06. The lowest BCUT2D eigenvalue weighted by Gasteiger charge is -2.34. The number of hydrogen-bond donors (Lipinski definition) is 1. The third kappa shape index (κ3) is 1.74. The van der Waals surface area contributed by atoms with Crippen LogP contribution in [0.2, 0.25) is 0 Å². The smallest absolute Gasteiger partial charge is 0.427 e. The van der Waals surface area contributed by atoms with Gasteiger partial charge in [0.2, 0.25) is 0 Å². The van der Waals surface area contributed by atoms with Crippen LogP contribution in [-0.4, -0.2) is 18.4 Å². The fraction of sp³-hybridized carbons (Fsp3) is 0.846. The number of amides is 1. The quantitative estimate of drug-likeness (QED) is 0.752. The molecule has 2 atom stereocenters. The highest BCUT2D eigenvalue weighted by Gasteiger charge is 2.59. The van der Waals surface area contributed by atoms with Crippen molar-refractivity contribution in [1.29, 1.82) is 0 Å². The maximum absolute atomic E-state index is 11.2. The zero-order chi connectivity index (χ0) is 12.7.